The number of halogens is 4. The summed E-state index contributed by atoms with van der Waals surface area (Å²) in [4.78, 5) is 16.6. The average molecular weight is 493 g/mol. The minimum atomic E-state index is -2.87. The van der Waals surface area contributed by atoms with Crippen LogP contribution in [-0.2, 0) is 22.7 Å². The number of hydrogen-bond donors (Lipinski definition) is 1. The predicted molar refractivity (Wildman–Crippen MR) is 127 cm³/mol. The van der Waals surface area contributed by atoms with Crippen molar-refractivity contribution in [1.29, 1.82) is 0 Å². The Kier molecular flexibility index (Phi) is 7.60. The van der Waals surface area contributed by atoms with Crippen molar-refractivity contribution in [1.82, 2.24) is 4.98 Å². The topological polar surface area (TPSA) is 51.2 Å². The predicted octanol–water partition coefficient (Wildman–Crippen LogP) is 7.39. The van der Waals surface area contributed by atoms with Crippen molar-refractivity contribution < 1.29 is 18.3 Å². The van der Waals surface area contributed by atoms with Gasteiger partial charge in [-0.15, -0.1) is 0 Å². The maximum atomic E-state index is 13.7. The van der Waals surface area contributed by atoms with Gasteiger partial charge in [0.1, 0.15) is 17.0 Å². The third-order valence-electron chi connectivity index (χ3n) is 5.07. The lowest BCUT2D eigenvalue weighted by molar-refractivity contribution is -0.115. The molecule has 0 aliphatic heterocycles. The molecule has 33 heavy (non-hydrogen) atoms. The minimum absolute atomic E-state index is 0.0530. The van der Waals surface area contributed by atoms with Crippen LogP contribution in [0.2, 0.25) is 10.0 Å². The van der Waals surface area contributed by atoms with Gasteiger partial charge in [-0.1, -0.05) is 54.4 Å². The molecule has 0 atom stereocenters. The molecule has 0 spiro atoms. The summed E-state index contributed by atoms with van der Waals surface area (Å²) < 4.78 is 33.5. The Labute approximate surface area is 201 Å². The lowest BCUT2D eigenvalue weighted by atomic mass is 10.0. The average Bonchev–Trinajstić information content (AvgIpc) is 2.75. The molecule has 0 saturated carbocycles. The van der Waals surface area contributed by atoms with E-state index in [-0.39, 0.29) is 24.3 Å². The number of benzene rings is 2. The van der Waals surface area contributed by atoms with Crippen molar-refractivity contribution in [2.45, 2.75) is 45.1 Å². The molecular formula is C25H24Cl2F2N2O2. The van der Waals surface area contributed by atoms with Gasteiger partial charge < -0.3 is 10.1 Å². The third kappa shape index (κ3) is 6.42. The Morgan fingerprint density at radius 3 is 2.27 bits per heavy atom. The second-order valence-corrected chi connectivity index (χ2v) is 8.94. The van der Waals surface area contributed by atoms with Gasteiger partial charge in [-0.2, -0.15) is 0 Å². The van der Waals surface area contributed by atoms with Gasteiger partial charge in [0.05, 0.1) is 16.5 Å². The van der Waals surface area contributed by atoms with E-state index in [0.29, 0.717) is 32.7 Å². The number of ether oxygens (including phenoxy) is 1. The summed E-state index contributed by atoms with van der Waals surface area (Å²) in [5.41, 5.74) is 0.920. The van der Waals surface area contributed by atoms with E-state index in [1.807, 2.05) is 13.8 Å². The van der Waals surface area contributed by atoms with Gasteiger partial charge in [0.2, 0.25) is 5.91 Å². The number of nitrogens with one attached hydrogen (secondary N) is 1. The molecule has 8 heteroatoms. The Balaban J connectivity index is 1.60. The lowest BCUT2D eigenvalue weighted by Gasteiger charge is -2.27. The zero-order valence-corrected chi connectivity index (χ0v) is 20.0. The number of carbonyl (C=O) groups is 1. The van der Waals surface area contributed by atoms with Crippen LogP contribution in [0.3, 0.4) is 0 Å². The van der Waals surface area contributed by atoms with Gasteiger partial charge in [-0.3, -0.25) is 9.78 Å². The van der Waals surface area contributed by atoms with Crippen molar-refractivity contribution in [3.8, 4) is 5.75 Å². The fourth-order valence-corrected chi connectivity index (χ4v) is 3.88. The van der Waals surface area contributed by atoms with E-state index in [0.717, 1.165) is 0 Å². The van der Waals surface area contributed by atoms with E-state index in [2.05, 4.69) is 10.3 Å². The number of amides is 1. The van der Waals surface area contributed by atoms with Crippen LogP contribution in [0.4, 0.5) is 14.5 Å². The fourth-order valence-electron chi connectivity index (χ4n) is 3.27. The van der Waals surface area contributed by atoms with E-state index in [9.17, 15) is 13.6 Å². The molecule has 0 saturated heterocycles. The van der Waals surface area contributed by atoms with Crippen LogP contribution in [0.1, 0.15) is 44.0 Å². The van der Waals surface area contributed by atoms with Crippen molar-refractivity contribution in [2.24, 2.45) is 0 Å². The van der Waals surface area contributed by atoms with Crippen LogP contribution in [0.15, 0.2) is 60.8 Å². The van der Waals surface area contributed by atoms with Gasteiger partial charge in [-0.05, 0) is 49.7 Å². The first-order valence-corrected chi connectivity index (χ1v) is 11.1. The Bertz CT molecular complexity index is 1120. The van der Waals surface area contributed by atoms with Gasteiger partial charge in [-0.25, -0.2) is 8.78 Å². The summed E-state index contributed by atoms with van der Waals surface area (Å²) in [5, 5.41) is 3.64. The molecule has 1 N–H and O–H groups in total. The number of alkyl halides is 2. The summed E-state index contributed by atoms with van der Waals surface area (Å²) in [7, 11) is 0. The van der Waals surface area contributed by atoms with Crippen molar-refractivity contribution >= 4 is 34.8 Å². The van der Waals surface area contributed by atoms with Crippen molar-refractivity contribution in [3.63, 3.8) is 0 Å². The van der Waals surface area contributed by atoms with Crippen LogP contribution in [0.25, 0.3) is 0 Å². The molecule has 0 aliphatic rings. The van der Waals surface area contributed by atoms with E-state index in [1.54, 1.807) is 42.5 Å². The lowest BCUT2D eigenvalue weighted by Crippen LogP contribution is -2.27. The van der Waals surface area contributed by atoms with Crippen LogP contribution >= 0.6 is 23.2 Å². The molecule has 3 aromatic rings. The summed E-state index contributed by atoms with van der Waals surface area (Å²) in [5.74, 6) is -2.55. The highest BCUT2D eigenvalue weighted by molar-refractivity contribution is 6.34. The summed E-state index contributed by atoms with van der Waals surface area (Å²) in [6.45, 7) is 5.11. The fraction of sp³-hybridized carbons (Fsp3) is 0.280. The first kappa shape index (κ1) is 24.9. The van der Waals surface area contributed by atoms with Crippen LogP contribution in [-0.4, -0.2) is 10.9 Å². The highest BCUT2D eigenvalue weighted by Gasteiger charge is 2.29. The summed E-state index contributed by atoms with van der Waals surface area (Å²) in [6, 6.07) is 14.3. The quantitative estimate of drug-likeness (QED) is 0.356. The highest BCUT2D eigenvalue weighted by atomic mass is 35.5. The number of carbonyl (C=O) groups excluding carboxylic acids is 1. The van der Waals surface area contributed by atoms with E-state index in [1.165, 1.54) is 25.3 Å². The van der Waals surface area contributed by atoms with Crippen LogP contribution in [0, 0.1) is 0 Å². The Hall–Kier alpha value is -2.70. The molecule has 0 fully saturated rings. The normalized spacial score (nSPS) is 11.8. The maximum Gasteiger partial charge on any atom is 0.273 e. The van der Waals surface area contributed by atoms with Gasteiger partial charge in [0.15, 0.2) is 0 Å². The molecule has 1 aromatic heterocycles. The molecule has 2 aromatic carbocycles. The minimum Gasteiger partial charge on any atom is -0.481 e. The van der Waals surface area contributed by atoms with Gasteiger partial charge in [0.25, 0.3) is 5.92 Å². The van der Waals surface area contributed by atoms with Gasteiger partial charge in [0, 0.05) is 23.9 Å². The highest BCUT2D eigenvalue weighted by Crippen LogP contribution is 2.33. The number of pyridine rings is 1. The summed E-state index contributed by atoms with van der Waals surface area (Å²) in [6.07, 6.45) is 1.31. The van der Waals surface area contributed by atoms with Crippen LogP contribution in [0.5, 0.6) is 5.75 Å². The Morgan fingerprint density at radius 1 is 1.06 bits per heavy atom. The third-order valence-corrected chi connectivity index (χ3v) is 5.57. The number of hydrogen-bond acceptors (Lipinski definition) is 3. The molecule has 4 nitrogen and oxygen atoms in total. The molecule has 0 radical (unpaired) electrons. The summed E-state index contributed by atoms with van der Waals surface area (Å²) >= 11 is 12.2. The Morgan fingerprint density at radius 2 is 1.70 bits per heavy atom. The molecule has 1 heterocycles. The van der Waals surface area contributed by atoms with Crippen LogP contribution < -0.4 is 10.1 Å². The monoisotopic (exact) mass is 492 g/mol. The number of aromatic nitrogens is 1. The molecular weight excluding hydrogens is 469 g/mol. The molecule has 3 rings (SSSR count). The first-order chi connectivity index (χ1) is 15.5. The zero-order valence-electron chi connectivity index (χ0n) is 18.5. The number of anilines is 1. The smallest absolute Gasteiger partial charge is 0.273 e. The van der Waals surface area contributed by atoms with E-state index in [4.69, 9.17) is 27.9 Å². The zero-order chi connectivity index (χ0) is 24.2. The number of rotatable bonds is 8. The SMILES string of the molecule is CCC(F)(F)c1ccc(CC(=O)Nc2ccc(OC(C)(C)c3ncc(Cl)cc3Cl)cc2)cc1. The second-order valence-electron chi connectivity index (χ2n) is 8.10. The number of nitrogens with zero attached hydrogens (tertiary/aromatic N) is 1. The molecule has 0 unspecified atom stereocenters. The van der Waals surface area contributed by atoms with Crippen molar-refractivity contribution in [2.75, 3.05) is 5.32 Å². The molecule has 0 bridgehead atoms. The standard InChI is InChI=1S/C25H24Cl2F2N2O2/c1-4-25(28,29)17-7-5-16(6-8-17)13-22(32)31-19-9-11-20(12-10-19)33-24(2,3)23-21(27)14-18(26)15-30-23/h5-12,14-15H,4,13H2,1-3H3,(H,31,32). The largest absolute Gasteiger partial charge is 0.481 e. The maximum absolute atomic E-state index is 13.7. The molecule has 0 aliphatic carbocycles. The van der Waals surface area contributed by atoms with Gasteiger partial charge >= 0.3 is 0 Å². The van der Waals surface area contributed by atoms with E-state index < -0.39 is 11.5 Å². The second kappa shape index (κ2) is 10.1. The molecule has 174 valence electrons. The molecule has 1 amide bonds. The van der Waals surface area contributed by atoms with Crippen molar-refractivity contribution in [3.05, 3.63) is 87.7 Å². The first-order valence-electron chi connectivity index (χ1n) is 10.4. The van der Waals surface area contributed by atoms with E-state index >= 15 is 0 Å².